The average molecular weight is 187 g/mol. The minimum Gasteiger partial charge on any atom is -0.464 e. The molecule has 0 fully saturated rings. The third kappa shape index (κ3) is 1.15. The van der Waals surface area contributed by atoms with Gasteiger partial charge < -0.3 is 10.2 Å². The summed E-state index contributed by atoms with van der Waals surface area (Å²) in [5, 5.41) is 1.19. The molecule has 1 heterocycles. The van der Waals surface area contributed by atoms with Gasteiger partial charge in [0.25, 0.3) is 0 Å². The fourth-order valence-electron chi connectivity index (χ4n) is 2.25. The van der Waals surface area contributed by atoms with Crippen molar-refractivity contribution in [2.24, 2.45) is 5.73 Å². The molecule has 2 aromatic rings. The third-order valence-corrected chi connectivity index (χ3v) is 3.04. The number of hydrogen-bond donors (Lipinski definition) is 1. The highest BCUT2D eigenvalue weighted by atomic mass is 16.3. The average Bonchev–Trinajstić information content (AvgIpc) is 2.61. The number of benzene rings is 1. The summed E-state index contributed by atoms with van der Waals surface area (Å²) in [6.45, 7) is 0. The van der Waals surface area contributed by atoms with Crippen molar-refractivity contribution in [1.82, 2.24) is 0 Å². The molecule has 0 amide bonds. The highest BCUT2D eigenvalue weighted by Gasteiger charge is 2.16. The van der Waals surface area contributed by atoms with Gasteiger partial charge in [0, 0.05) is 11.4 Å². The van der Waals surface area contributed by atoms with Crippen LogP contribution in [0, 0.1) is 0 Å². The quantitative estimate of drug-likeness (QED) is 0.687. The van der Waals surface area contributed by atoms with Crippen molar-refractivity contribution < 1.29 is 4.42 Å². The Morgan fingerprint density at radius 1 is 1.29 bits per heavy atom. The van der Waals surface area contributed by atoms with E-state index in [2.05, 4.69) is 12.1 Å². The Bertz CT molecular complexity index is 472. The van der Waals surface area contributed by atoms with E-state index >= 15 is 0 Å². The molecule has 3 rings (SSSR count). The van der Waals surface area contributed by atoms with Gasteiger partial charge in [-0.3, -0.25) is 0 Å². The second kappa shape index (κ2) is 2.85. The predicted molar refractivity (Wildman–Crippen MR) is 56.2 cm³/mol. The Hall–Kier alpha value is -1.28. The van der Waals surface area contributed by atoms with E-state index in [1.54, 1.807) is 6.26 Å². The Morgan fingerprint density at radius 3 is 3.14 bits per heavy atom. The van der Waals surface area contributed by atoms with Gasteiger partial charge in [0.2, 0.25) is 0 Å². The summed E-state index contributed by atoms with van der Waals surface area (Å²) in [7, 11) is 0. The van der Waals surface area contributed by atoms with Crippen LogP contribution in [0.3, 0.4) is 0 Å². The molecule has 1 aromatic carbocycles. The van der Waals surface area contributed by atoms with Crippen LogP contribution in [0.4, 0.5) is 0 Å². The highest BCUT2D eigenvalue weighted by Crippen LogP contribution is 2.26. The molecule has 1 aliphatic rings. The second-order valence-corrected chi connectivity index (χ2v) is 4.08. The fraction of sp³-hybridized carbons (Fsp3) is 0.333. The summed E-state index contributed by atoms with van der Waals surface area (Å²) in [5.41, 5.74) is 9.76. The van der Waals surface area contributed by atoms with Gasteiger partial charge in [-0.1, -0.05) is 0 Å². The Balaban J connectivity index is 2.19. The third-order valence-electron chi connectivity index (χ3n) is 3.04. The smallest absolute Gasteiger partial charge is 0.134 e. The summed E-state index contributed by atoms with van der Waals surface area (Å²) >= 11 is 0. The first-order chi connectivity index (χ1) is 6.83. The largest absolute Gasteiger partial charge is 0.464 e. The van der Waals surface area contributed by atoms with Crippen molar-refractivity contribution in [2.75, 3.05) is 0 Å². The van der Waals surface area contributed by atoms with Crippen molar-refractivity contribution in [1.29, 1.82) is 0 Å². The van der Waals surface area contributed by atoms with Gasteiger partial charge >= 0.3 is 0 Å². The number of furan rings is 1. The summed E-state index contributed by atoms with van der Waals surface area (Å²) in [6.07, 6.45) is 4.94. The van der Waals surface area contributed by atoms with Gasteiger partial charge in [-0.05, 0) is 48.6 Å². The van der Waals surface area contributed by atoms with Crippen molar-refractivity contribution in [3.8, 4) is 0 Å². The molecule has 72 valence electrons. The minimum absolute atomic E-state index is 0.340. The van der Waals surface area contributed by atoms with E-state index in [9.17, 15) is 0 Å². The molecule has 2 N–H and O–H groups in total. The maximum atomic E-state index is 5.95. The molecular weight excluding hydrogens is 174 g/mol. The fourth-order valence-corrected chi connectivity index (χ4v) is 2.25. The van der Waals surface area contributed by atoms with Gasteiger partial charge in [0.05, 0.1) is 6.26 Å². The maximum absolute atomic E-state index is 5.95. The Labute approximate surface area is 82.7 Å². The molecular formula is C12H13NO. The van der Waals surface area contributed by atoms with Crippen LogP contribution in [0.25, 0.3) is 11.0 Å². The summed E-state index contributed by atoms with van der Waals surface area (Å²) in [4.78, 5) is 0. The zero-order valence-corrected chi connectivity index (χ0v) is 7.99. The van der Waals surface area contributed by atoms with E-state index in [4.69, 9.17) is 10.2 Å². The molecule has 14 heavy (non-hydrogen) atoms. The van der Waals surface area contributed by atoms with Crippen molar-refractivity contribution in [3.05, 3.63) is 35.6 Å². The van der Waals surface area contributed by atoms with Gasteiger partial charge in [-0.25, -0.2) is 0 Å². The lowest BCUT2D eigenvalue weighted by Crippen LogP contribution is -2.27. The van der Waals surface area contributed by atoms with Crippen LogP contribution in [0.15, 0.2) is 28.9 Å². The number of aryl methyl sites for hydroxylation is 1. The normalized spacial score (nSPS) is 21.1. The molecule has 1 aliphatic carbocycles. The maximum Gasteiger partial charge on any atom is 0.134 e. The Morgan fingerprint density at radius 2 is 2.21 bits per heavy atom. The first kappa shape index (κ1) is 8.06. The van der Waals surface area contributed by atoms with E-state index in [1.807, 2.05) is 6.07 Å². The molecule has 1 atom stereocenters. The highest BCUT2D eigenvalue weighted by molar-refractivity contribution is 5.79. The van der Waals surface area contributed by atoms with Crippen molar-refractivity contribution in [2.45, 2.75) is 25.3 Å². The topological polar surface area (TPSA) is 39.2 Å². The van der Waals surface area contributed by atoms with Crippen LogP contribution in [-0.4, -0.2) is 6.04 Å². The Kier molecular flexibility index (Phi) is 1.64. The van der Waals surface area contributed by atoms with Crippen LogP contribution in [0.5, 0.6) is 0 Å². The standard InChI is InChI=1S/C12H13NO/c13-11-2-1-8-7-12-9(3-4-14-12)5-10(8)6-11/h3-5,7,11H,1-2,6,13H2. The lowest BCUT2D eigenvalue weighted by molar-refractivity contribution is 0.574. The van der Waals surface area contributed by atoms with Crippen LogP contribution in [0.1, 0.15) is 17.5 Å². The van der Waals surface area contributed by atoms with Gasteiger partial charge in [-0.15, -0.1) is 0 Å². The van der Waals surface area contributed by atoms with Gasteiger partial charge in [-0.2, -0.15) is 0 Å². The number of rotatable bonds is 0. The lowest BCUT2D eigenvalue weighted by Gasteiger charge is -2.21. The first-order valence-electron chi connectivity index (χ1n) is 5.07. The SMILES string of the molecule is NC1CCc2cc3occc3cc2C1. The zero-order valence-electron chi connectivity index (χ0n) is 7.99. The molecule has 2 nitrogen and oxygen atoms in total. The van der Waals surface area contributed by atoms with E-state index in [-0.39, 0.29) is 0 Å². The molecule has 0 radical (unpaired) electrons. The van der Waals surface area contributed by atoms with E-state index in [0.717, 1.165) is 24.8 Å². The monoisotopic (exact) mass is 187 g/mol. The minimum atomic E-state index is 0.340. The van der Waals surface area contributed by atoms with Gasteiger partial charge in [0.15, 0.2) is 0 Å². The molecule has 2 heteroatoms. The van der Waals surface area contributed by atoms with E-state index in [0.29, 0.717) is 6.04 Å². The number of nitrogens with two attached hydrogens (primary N) is 1. The molecule has 0 saturated carbocycles. The number of fused-ring (bicyclic) bond motifs is 2. The van der Waals surface area contributed by atoms with Gasteiger partial charge in [0.1, 0.15) is 5.58 Å². The molecule has 0 spiro atoms. The molecule has 0 aliphatic heterocycles. The molecule has 0 saturated heterocycles. The molecule has 0 bridgehead atoms. The molecule has 1 unspecified atom stereocenters. The predicted octanol–water partition coefficient (Wildman–Crippen LogP) is 2.25. The van der Waals surface area contributed by atoms with E-state index < -0.39 is 0 Å². The van der Waals surface area contributed by atoms with Crippen LogP contribution >= 0.6 is 0 Å². The van der Waals surface area contributed by atoms with Crippen LogP contribution < -0.4 is 5.73 Å². The first-order valence-corrected chi connectivity index (χ1v) is 5.07. The summed E-state index contributed by atoms with van der Waals surface area (Å²) < 4.78 is 5.38. The molecule has 1 aromatic heterocycles. The summed E-state index contributed by atoms with van der Waals surface area (Å²) in [6, 6.07) is 6.73. The lowest BCUT2D eigenvalue weighted by atomic mass is 9.88. The van der Waals surface area contributed by atoms with Crippen molar-refractivity contribution >= 4 is 11.0 Å². The number of hydrogen-bond acceptors (Lipinski definition) is 2. The second-order valence-electron chi connectivity index (χ2n) is 4.08. The van der Waals surface area contributed by atoms with Crippen LogP contribution in [0.2, 0.25) is 0 Å². The van der Waals surface area contributed by atoms with E-state index in [1.165, 1.54) is 16.5 Å². The van der Waals surface area contributed by atoms with Crippen LogP contribution in [-0.2, 0) is 12.8 Å². The van der Waals surface area contributed by atoms with Crippen molar-refractivity contribution in [3.63, 3.8) is 0 Å². The zero-order chi connectivity index (χ0) is 9.54. The summed E-state index contributed by atoms with van der Waals surface area (Å²) in [5.74, 6) is 0.